The smallest absolute Gasteiger partial charge is 0.0991 e. The van der Waals surface area contributed by atoms with Gasteiger partial charge in [-0.2, -0.15) is 5.26 Å². The lowest BCUT2D eigenvalue weighted by molar-refractivity contribution is -0.0521. The molecule has 0 amide bonds. The lowest BCUT2D eigenvalue weighted by atomic mass is 9.48. The fourth-order valence-electron chi connectivity index (χ4n) is 5.64. The lowest BCUT2D eigenvalue weighted by Crippen LogP contribution is -2.47. The topological polar surface area (TPSA) is 23.8 Å². The molecule has 1 aromatic rings. The molecule has 0 unspecified atom stereocenters. The Morgan fingerprint density at radius 2 is 1.47 bits per heavy atom. The molecule has 0 N–H and O–H groups in total. The standard InChI is InChI=1S/C18H21N/c19-12-14-3-1-13(2-4-14)8-18-9-15-5-16(10-18)7-17(6-15)11-18/h1-4,15-17H,5-11H2. The van der Waals surface area contributed by atoms with Crippen molar-refractivity contribution in [1.29, 1.82) is 5.26 Å². The van der Waals surface area contributed by atoms with Crippen LogP contribution in [0.2, 0.25) is 0 Å². The predicted molar refractivity (Wildman–Crippen MR) is 75.5 cm³/mol. The molecule has 0 aromatic heterocycles. The summed E-state index contributed by atoms with van der Waals surface area (Å²) >= 11 is 0. The van der Waals surface area contributed by atoms with E-state index in [1.807, 2.05) is 12.1 Å². The molecule has 4 bridgehead atoms. The van der Waals surface area contributed by atoms with Crippen molar-refractivity contribution in [3.63, 3.8) is 0 Å². The average Bonchev–Trinajstić information content (AvgIpc) is 2.37. The van der Waals surface area contributed by atoms with Crippen LogP contribution in [-0.4, -0.2) is 0 Å². The molecule has 4 fully saturated rings. The van der Waals surface area contributed by atoms with E-state index in [2.05, 4.69) is 18.2 Å². The molecule has 0 saturated heterocycles. The summed E-state index contributed by atoms with van der Waals surface area (Å²) in [5, 5.41) is 8.88. The highest BCUT2D eigenvalue weighted by atomic mass is 14.5. The van der Waals surface area contributed by atoms with Gasteiger partial charge in [-0.15, -0.1) is 0 Å². The van der Waals surface area contributed by atoms with Gasteiger partial charge in [-0.25, -0.2) is 0 Å². The van der Waals surface area contributed by atoms with Crippen LogP contribution in [0.25, 0.3) is 0 Å². The van der Waals surface area contributed by atoms with Crippen molar-refractivity contribution in [1.82, 2.24) is 0 Å². The van der Waals surface area contributed by atoms with Gasteiger partial charge in [-0.05, 0) is 85.8 Å². The second-order valence-electron chi connectivity index (χ2n) is 7.40. The predicted octanol–water partition coefficient (Wildman–Crippen LogP) is 4.32. The molecule has 0 radical (unpaired) electrons. The van der Waals surface area contributed by atoms with Crippen LogP contribution in [0.3, 0.4) is 0 Å². The van der Waals surface area contributed by atoms with E-state index in [0.29, 0.717) is 5.41 Å². The molecule has 0 heterocycles. The Kier molecular flexibility index (Phi) is 2.49. The van der Waals surface area contributed by atoms with Crippen molar-refractivity contribution < 1.29 is 0 Å². The van der Waals surface area contributed by atoms with E-state index in [9.17, 15) is 0 Å². The summed E-state index contributed by atoms with van der Waals surface area (Å²) in [6.07, 6.45) is 10.2. The molecule has 1 nitrogen and oxygen atoms in total. The number of nitriles is 1. The summed E-state index contributed by atoms with van der Waals surface area (Å²) in [6, 6.07) is 10.5. The highest BCUT2D eigenvalue weighted by Gasteiger charge is 2.50. The van der Waals surface area contributed by atoms with Crippen LogP contribution in [-0.2, 0) is 6.42 Å². The highest BCUT2D eigenvalue weighted by Crippen LogP contribution is 2.60. The van der Waals surface area contributed by atoms with Gasteiger partial charge in [0.15, 0.2) is 0 Å². The molecule has 19 heavy (non-hydrogen) atoms. The van der Waals surface area contributed by atoms with E-state index in [1.165, 1.54) is 50.5 Å². The Morgan fingerprint density at radius 3 is 1.95 bits per heavy atom. The number of hydrogen-bond donors (Lipinski definition) is 0. The molecule has 4 aliphatic rings. The minimum Gasteiger partial charge on any atom is -0.192 e. The van der Waals surface area contributed by atoms with Crippen LogP contribution in [0.15, 0.2) is 24.3 Å². The Hall–Kier alpha value is -1.29. The molecule has 1 heteroatoms. The van der Waals surface area contributed by atoms with E-state index >= 15 is 0 Å². The summed E-state index contributed by atoms with van der Waals surface area (Å²) in [6.45, 7) is 0. The maximum absolute atomic E-state index is 8.88. The van der Waals surface area contributed by atoms with Crippen molar-refractivity contribution in [3.05, 3.63) is 35.4 Å². The highest BCUT2D eigenvalue weighted by molar-refractivity contribution is 5.32. The molecule has 1 aromatic carbocycles. The monoisotopic (exact) mass is 251 g/mol. The molecule has 4 aliphatic carbocycles. The van der Waals surface area contributed by atoms with Crippen molar-refractivity contribution in [2.45, 2.75) is 44.9 Å². The van der Waals surface area contributed by atoms with Gasteiger partial charge in [0.25, 0.3) is 0 Å². The molecular formula is C18H21N. The van der Waals surface area contributed by atoms with Crippen molar-refractivity contribution in [3.8, 4) is 6.07 Å². The van der Waals surface area contributed by atoms with Gasteiger partial charge < -0.3 is 0 Å². The number of benzene rings is 1. The minimum atomic E-state index is 0.614. The third kappa shape index (κ3) is 1.98. The van der Waals surface area contributed by atoms with Crippen LogP contribution < -0.4 is 0 Å². The van der Waals surface area contributed by atoms with Gasteiger partial charge in [0.05, 0.1) is 11.6 Å². The molecule has 0 atom stereocenters. The van der Waals surface area contributed by atoms with Gasteiger partial charge in [-0.3, -0.25) is 0 Å². The zero-order chi connectivity index (χ0) is 12.9. The SMILES string of the molecule is N#Cc1ccc(CC23CC4CC(CC(C4)C2)C3)cc1. The van der Waals surface area contributed by atoms with Gasteiger partial charge in [0.2, 0.25) is 0 Å². The fourth-order valence-corrected chi connectivity index (χ4v) is 5.64. The first-order valence-electron chi connectivity index (χ1n) is 7.74. The Morgan fingerprint density at radius 1 is 0.947 bits per heavy atom. The summed E-state index contributed by atoms with van der Waals surface area (Å²) in [5.74, 6) is 3.10. The van der Waals surface area contributed by atoms with Gasteiger partial charge in [0.1, 0.15) is 0 Å². The molecule has 5 rings (SSSR count). The lowest BCUT2D eigenvalue weighted by Gasteiger charge is -2.57. The quantitative estimate of drug-likeness (QED) is 0.768. The first-order chi connectivity index (χ1) is 9.25. The van der Waals surface area contributed by atoms with Crippen LogP contribution in [0.4, 0.5) is 0 Å². The van der Waals surface area contributed by atoms with Gasteiger partial charge in [0, 0.05) is 0 Å². The number of hydrogen-bond acceptors (Lipinski definition) is 1. The first-order valence-corrected chi connectivity index (χ1v) is 7.74. The van der Waals surface area contributed by atoms with Crippen LogP contribution in [0.5, 0.6) is 0 Å². The average molecular weight is 251 g/mol. The minimum absolute atomic E-state index is 0.614. The maximum Gasteiger partial charge on any atom is 0.0991 e. The summed E-state index contributed by atoms with van der Waals surface area (Å²) in [7, 11) is 0. The molecule has 4 saturated carbocycles. The largest absolute Gasteiger partial charge is 0.192 e. The van der Waals surface area contributed by atoms with E-state index < -0.39 is 0 Å². The maximum atomic E-state index is 8.88. The summed E-state index contributed by atoms with van der Waals surface area (Å²) in [4.78, 5) is 0. The molecular weight excluding hydrogens is 230 g/mol. The normalized spacial score (nSPS) is 39.2. The Labute approximate surface area is 115 Å². The summed E-state index contributed by atoms with van der Waals surface area (Å²) in [5.41, 5.74) is 2.85. The van der Waals surface area contributed by atoms with Crippen LogP contribution >= 0.6 is 0 Å². The Bertz CT molecular complexity index is 484. The van der Waals surface area contributed by atoms with Gasteiger partial charge in [-0.1, -0.05) is 12.1 Å². The van der Waals surface area contributed by atoms with Gasteiger partial charge >= 0.3 is 0 Å². The Balaban J connectivity index is 1.57. The van der Waals surface area contributed by atoms with Crippen molar-refractivity contribution >= 4 is 0 Å². The summed E-state index contributed by atoms with van der Waals surface area (Å²) < 4.78 is 0. The first kappa shape index (κ1) is 11.5. The van der Waals surface area contributed by atoms with Crippen molar-refractivity contribution in [2.24, 2.45) is 23.2 Å². The van der Waals surface area contributed by atoms with E-state index in [1.54, 1.807) is 0 Å². The molecule has 0 spiro atoms. The fraction of sp³-hybridized carbons (Fsp3) is 0.611. The molecule has 0 aliphatic heterocycles. The second-order valence-corrected chi connectivity index (χ2v) is 7.40. The third-order valence-electron chi connectivity index (χ3n) is 5.83. The number of rotatable bonds is 2. The molecule has 98 valence electrons. The van der Waals surface area contributed by atoms with E-state index in [4.69, 9.17) is 5.26 Å². The van der Waals surface area contributed by atoms with E-state index in [-0.39, 0.29) is 0 Å². The van der Waals surface area contributed by atoms with E-state index in [0.717, 1.165) is 23.3 Å². The van der Waals surface area contributed by atoms with Crippen molar-refractivity contribution in [2.75, 3.05) is 0 Å². The number of nitrogens with zero attached hydrogens (tertiary/aromatic N) is 1. The zero-order valence-electron chi connectivity index (χ0n) is 11.4. The third-order valence-corrected chi connectivity index (χ3v) is 5.83. The van der Waals surface area contributed by atoms with Crippen LogP contribution in [0, 0.1) is 34.5 Å². The second kappa shape index (κ2) is 4.10. The van der Waals surface area contributed by atoms with Crippen LogP contribution in [0.1, 0.15) is 49.7 Å². The zero-order valence-corrected chi connectivity index (χ0v) is 11.4.